The van der Waals surface area contributed by atoms with E-state index in [0.717, 1.165) is 11.1 Å². The van der Waals surface area contributed by atoms with Gasteiger partial charge in [-0.2, -0.15) is 0 Å². The van der Waals surface area contributed by atoms with Crippen molar-refractivity contribution in [3.63, 3.8) is 0 Å². The lowest BCUT2D eigenvalue weighted by Gasteiger charge is -1.98. The molecular weight excluding hydrogens is 112 g/mol. The van der Waals surface area contributed by atoms with Gasteiger partial charge in [-0.1, -0.05) is 12.1 Å². The van der Waals surface area contributed by atoms with Gasteiger partial charge < -0.3 is 5.11 Å². The van der Waals surface area contributed by atoms with E-state index < -0.39 is 0 Å². The lowest BCUT2D eigenvalue weighted by molar-refractivity contribution is 0.467. The predicted molar refractivity (Wildman–Crippen MR) is 36.4 cm³/mol. The summed E-state index contributed by atoms with van der Waals surface area (Å²) in [5, 5.41) is 9.18. The van der Waals surface area contributed by atoms with Gasteiger partial charge in [-0.05, 0) is 31.0 Å². The van der Waals surface area contributed by atoms with Crippen molar-refractivity contribution in [1.82, 2.24) is 0 Å². The number of benzene rings is 1. The fourth-order valence-corrected chi connectivity index (χ4v) is 0.735. The van der Waals surface area contributed by atoms with E-state index in [4.69, 9.17) is 0 Å². The van der Waals surface area contributed by atoms with Crippen LogP contribution < -0.4 is 0 Å². The van der Waals surface area contributed by atoms with Crippen LogP contribution in [0.5, 0.6) is 5.75 Å². The average Bonchev–Trinajstić information content (AvgIpc) is 1.83. The van der Waals surface area contributed by atoms with E-state index in [2.05, 4.69) is 6.07 Å². The van der Waals surface area contributed by atoms with Gasteiger partial charge in [0.2, 0.25) is 0 Å². The molecule has 0 unspecified atom stereocenters. The molecule has 0 saturated heterocycles. The number of hydrogen-bond donors (Lipinski definition) is 1. The van der Waals surface area contributed by atoms with E-state index in [1.165, 1.54) is 0 Å². The van der Waals surface area contributed by atoms with Crippen molar-refractivity contribution in [2.45, 2.75) is 13.8 Å². The Bertz CT molecular complexity index is 196. The molecule has 0 amide bonds. The molecule has 0 spiro atoms. The average molecular weight is 121 g/mol. The summed E-state index contributed by atoms with van der Waals surface area (Å²) in [6.07, 6.45) is 0. The Balaban J connectivity index is 3.25. The van der Waals surface area contributed by atoms with Crippen LogP contribution in [0.1, 0.15) is 11.1 Å². The smallest absolute Gasteiger partial charge is 0.122 e. The van der Waals surface area contributed by atoms with Crippen molar-refractivity contribution < 1.29 is 5.11 Å². The molecule has 0 heterocycles. The fraction of sp³-hybridized carbons (Fsp3) is 0.250. The van der Waals surface area contributed by atoms with Crippen LogP contribution in [-0.4, -0.2) is 5.11 Å². The van der Waals surface area contributed by atoms with Gasteiger partial charge in [-0.25, -0.2) is 0 Å². The third kappa shape index (κ3) is 1.04. The summed E-state index contributed by atoms with van der Waals surface area (Å²) >= 11 is 0. The molecule has 0 aliphatic rings. The number of rotatable bonds is 0. The van der Waals surface area contributed by atoms with Crippen LogP contribution >= 0.6 is 0 Å². The Hall–Kier alpha value is -0.980. The monoisotopic (exact) mass is 121 g/mol. The summed E-state index contributed by atoms with van der Waals surface area (Å²) in [6, 6.07) is 6.54. The Morgan fingerprint density at radius 1 is 1.44 bits per heavy atom. The SMILES string of the molecule is Cc1[c]ccc(C)c1O. The molecule has 0 aromatic heterocycles. The predicted octanol–water partition coefficient (Wildman–Crippen LogP) is 1.81. The molecule has 0 aliphatic carbocycles. The van der Waals surface area contributed by atoms with Crippen molar-refractivity contribution in [3.8, 4) is 5.75 Å². The van der Waals surface area contributed by atoms with Crippen molar-refractivity contribution in [2.75, 3.05) is 0 Å². The molecule has 1 aromatic rings. The van der Waals surface area contributed by atoms with Gasteiger partial charge in [0.05, 0.1) is 0 Å². The standard InChI is InChI=1S/C8H9O/c1-6-4-3-5-7(2)8(6)9/h3-4,9H,1-2H3. The van der Waals surface area contributed by atoms with Crippen LogP contribution in [0.3, 0.4) is 0 Å². The van der Waals surface area contributed by atoms with Crippen LogP contribution in [0.15, 0.2) is 12.1 Å². The summed E-state index contributed by atoms with van der Waals surface area (Å²) in [4.78, 5) is 0. The minimum atomic E-state index is 0.359. The maximum atomic E-state index is 9.18. The molecule has 0 bridgehead atoms. The number of hydrogen-bond acceptors (Lipinski definition) is 1. The van der Waals surface area contributed by atoms with Gasteiger partial charge >= 0.3 is 0 Å². The highest BCUT2D eigenvalue weighted by Crippen LogP contribution is 2.18. The summed E-state index contributed by atoms with van der Waals surface area (Å²) < 4.78 is 0. The highest BCUT2D eigenvalue weighted by Gasteiger charge is 1.95. The zero-order valence-corrected chi connectivity index (χ0v) is 5.60. The van der Waals surface area contributed by atoms with Gasteiger partial charge in [-0.15, -0.1) is 0 Å². The Morgan fingerprint density at radius 3 is 2.56 bits per heavy atom. The van der Waals surface area contributed by atoms with Crippen LogP contribution in [-0.2, 0) is 0 Å². The maximum Gasteiger partial charge on any atom is 0.122 e. The topological polar surface area (TPSA) is 20.2 Å². The van der Waals surface area contributed by atoms with Crippen molar-refractivity contribution in [3.05, 3.63) is 29.3 Å². The first-order valence-electron chi connectivity index (χ1n) is 2.88. The summed E-state index contributed by atoms with van der Waals surface area (Å²) in [7, 11) is 0. The lowest BCUT2D eigenvalue weighted by atomic mass is 10.1. The van der Waals surface area contributed by atoms with Gasteiger partial charge in [0.25, 0.3) is 0 Å². The first-order chi connectivity index (χ1) is 4.22. The first-order valence-corrected chi connectivity index (χ1v) is 2.88. The normalized spacial score (nSPS) is 9.56. The molecule has 0 saturated carbocycles. The van der Waals surface area contributed by atoms with E-state index in [0.29, 0.717) is 5.75 Å². The van der Waals surface area contributed by atoms with Crippen LogP contribution in [0.4, 0.5) is 0 Å². The van der Waals surface area contributed by atoms with E-state index in [1.54, 1.807) is 0 Å². The lowest BCUT2D eigenvalue weighted by Crippen LogP contribution is -1.77. The number of phenolic OH excluding ortho intramolecular Hbond substituents is 1. The number of aromatic hydroxyl groups is 1. The zero-order valence-electron chi connectivity index (χ0n) is 5.60. The molecule has 0 atom stereocenters. The first kappa shape index (κ1) is 6.14. The van der Waals surface area contributed by atoms with Crippen LogP contribution in [0.25, 0.3) is 0 Å². The maximum absolute atomic E-state index is 9.18. The number of aryl methyl sites for hydroxylation is 2. The number of phenols is 1. The minimum Gasteiger partial charge on any atom is -0.507 e. The van der Waals surface area contributed by atoms with Crippen molar-refractivity contribution >= 4 is 0 Å². The van der Waals surface area contributed by atoms with Crippen LogP contribution in [0.2, 0.25) is 0 Å². The second-order valence-electron chi connectivity index (χ2n) is 2.13. The van der Waals surface area contributed by atoms with Gasteiger partial charge in [0, 0.05) is 0 Å². The highest BCUT2D eigenvalue weighted by molar-refractivity contribution is 5.37. The molecule has 0 fully saturated rings. The molecule has 1 nitrogen and oxygen atoms in total. The largest absolute Gasteiger partial charge is 0.507 e. The Morgan fingerprint density at radius 2 is 2.11 bits per heavy atom. The molecular formula is C8H9O. The molecule has 47 valence electrons. The second-order valence-corrected chi connectivity index (χ2v) is 2.13. The molecule has 9 heavy (non-hydrogen) atoms. The summed E-state index contributed by atoms with van der Waals surface area (Å²) in [5.41, 5.74) is 1.72. The third-order valence-electron chi connectivity index (χ3n) is 1.36. The summed E-state index contributed by atoms with van der Waals surface area (Å²) in [6.45, 7) is 3.71. The second kappa shape index (κ2) is 2.09. The Kier molecular flexibility index (Phi) is 1.43. The van der Waals surface area contributed by atoms with E-state index >= 15 is 0 Å². The fourth-order valence-electron chi connectivity index (χ4n) is 0.735. The minimum absolute atomic E-state index is 0.359. The van der Waals surface area contributed by atoms with Crippen molar-refractivity contribution in [2.24, 2.45) is 0 Å². The van der Waals surface area contributed by atoms with Gasteiger partial charge in [-0.3, -0.25) is 0 Å². The summed E-state index contributed by atoms with van der Waals surface area (Å²) in [5.74, 6) is 0.359. The molecule has 0 aliphatic heterocycles. The Labute approximate surface area is 55.0 Å². The molecule has 1 radical (unpaired) electrons. The van der Waals surface area contributed by atoms with Crippen LogP contribution in [0, 0.1) is 19.9 Å². The highest BCUT2D eigenvalue weighted by atomic mass is 16.3. The molecule has 1 rings (SSSR count). The zero-order chi connectivity index (χ0) is 6.85. The quantitative estimate of drug-likeness (QED) is 0.555. The van der Waals surface area contributed by atoms with E-state index in [-0.39, 0.29) is 0 Å². The van der Waals surface area contributed by atoms with Gasteiger partial charge in [0.15, 0.2) is 0 Å². The van der Waals surface area contributed by atoms with Gasteiger partial charge in [0.1, 0.15) is 5.75 Å². The molecule has 1 N–H and O–H groups in total. The third-order valence-corrected chi connectivity index (χ3v) is 1.36. The van der Waals surface area contributed by atoms with E-state index in [9.17, 15) is 5.11 Å². The van der Waals surface area contributed by atoms with Crippen molar-refractivity contribution in [1.29, 1.82) is 0 Å². The molecule has 1 aromatic carbocycles. The van der Waals surface area contributed by atoms with E-state index in [1.807, 2.05) is 26.0 Å². The molecule has 1 heteroatoms.